The number of hydrogen-bond acceptors (Lipinski definition) is 6. The van der Waals surface area contributed by atoms with Gasteiger partial charge >= 0.3 is 0 Å². The summed E-state index contributed by atoms with van der Waals surface area (Å²) in [6, 6.07) is 10.1. The second-order valence-corrected chi connectivity index (χ2v) is 10.0. The third-order valence-electron chi connectivity index (χ3n) is 4.92. The van der Waals surface area contributed by atoms with Crippen LogP contribution in [-0.2, 0) is 10.0 Å². The minimum atomic E-state index is -3.76. The average molecular weight is 465 g/mol. The molecule has 4 rings (SSSR count). The van der Waals surface area contributed by atoms with Gasteiger partial charge in [0.15, 0.2) is 0 Å². The standard InChI is InChI=1S/C20H18F2N4O3S2/c21-14-3-7-16(8-4-14)23-18(27)20-25-24-19(30-20)13-2-1-11-26(12-13)31(28,29)17-9-5-15(22)6-10-17/h3-10,13H,1-2,11-12H2,(H,23,27)/t13-/m0/s1. The summed E-state index contributed by atoms with van der Waals surface area (Å²) in [6.45, 7) is 0.556. The Kier molecular flexibility index (Phi) is 6.08. The first kappa shape index (κ1) is 21.5. The van der Waals surface area contributed by atoms with E-state index in [-0.39, 0.29) is 22.4 Å². The lowest BCUT2D eigenvalue weighted by atomic mass is 10.0. The molecular formula is C20H18F2N4O3S2. The van der Waals surface area contributed by atoms with Crippen LogP contribution < -0.4 is 5.32 Å². The minimum Gasteiger partial charge on any atom is -0.320 e. The van der Waals surface area contributed by atoms with Gasteiger partial charge in [0.2, 0.25) is 15.0 Å². The quantitative estimate of drug-likeness (QED) is 0.623. The van der Waals surface area contributed by atoms with Gasteiger partial charge in [-0.3, -0.25) is 4.79 Å². The maximum absolute atomic E-state index is 13.2. The Balaban J connectivity index is 1.46. The fourth-order valence-electron chi connectivity index (χ4n) is 3.33. The van der Waals surface area contributed by atoms with Gasteiger partial charge in [0.1, 0.15) is 16.6 Å². The monoisotopic (exact) mass is 464 g/mol. The molecule has 31 heavy (non-hydrogen) atoms. The molecule has 1 aromatic heterocycles. The largest absolute Gasteiger partial charge is 0.320 e. The highest BCUT2D eigenvalue weighted by Gasteiger charge is 2.32. The lowest BCUT2D eigenvalue weighted by molar-refractivity contribution is 0.102. The Morgan fingerprint density at radius 1 is 1.03 bits per heavy atom. The number of anilines is 1. The van der Waals surface area contributed by atoms with Crippen LogP contribution in [0.3, 0.4) is 0 Å². The predicted molar refractivity (Wildman–Crippen MR) is 111 cm³/mol. The average Bonchev–Trinajstić information content (AvgIpc) is 3.26. The molecule has 2 heterocycles. The Bertz CT molecular complexity index is 1180. The molecule has 0 bridgehead atoms. The SMILES string of the molecule is O=C(Nc1ccc(F)cc1)c1nnc([C@H]2CCCN(S(=O)(=O)c3ccc(F)cc3)C2)s1. The summed E-state index contributed by atoms with van der Waals surface area (Å²) in [4.78, 5) is 12.4. The topological polar surface area (TPSA) is 92.3 Å². The van der Waals surface area contributed by atoms with Crippen LogP contribution >= 0.6 is 11.3 Å². The second kappa shape index (κ2) is 8.77. The molecule has 11 heteroatoms. The van der Waals surface area contributed by atoms with Gasteiger partial charge < -0.3 is 5.32 Å². The number of rotatable bonds is 5. The number of carbonyl (C=O) groups is 1. The molecule has 0 unspecified atom stereocenters. The zero-order chi connectivity index (χ0) is 22.0. The molecule has 0 saturated carbocycles. The first-order valence-electron chi connectivity index (χ1n) is 9.49. The van der Waals surface area contributed by atoms with Crippen molar-refractivity contribution in [1.82, 2.24) is 14.5 Å². The van der Waals surface area contributed by atoms with E-state index in [1.807, 2.05) is 0 Å². The van der Waals surface area contributed by atoms with Crippen molar-refractivity contribution in [2.24, 2.45) is 0 Å². The smallest absolute Gasteiger partial charge is 0.286 e. The van der Waals surface area contributed by atoms with Gasteiger partial charge in [0, 0.05) is 24.7 Å². The van der Waals surface area contributed by atoms with E-state index >= 15 is 0 Å². The lowest BCUT2D eigenvalue weighted by Crippen LogP contribution is -2.39. The molecule has 1 N–H and O–H groups in total. The van der Waals surface area contributed by atoms with Crippen molar-refractivity contribution in [2.45, 2.75) is 23.7 Å². The van der Waals surface area contributed by atoms with Crippen molar-refractivity contribution < 1.29 is 22.0 Å². The summed E-state index contributed by atoms with van der Waals surface area (Å²) in [5, 5.41) is 11.4. The van der Waals surface area contributed by atoms with Gasteiger partial charge in [-0.2, -0.15) is 4.31 Å². The number of nitrogens with zero attached hydrogens (tertiary/aromatic N) is 3. The number of benzene rings is 2. The van der Waals surface area contributed by atoms with E-state index in [2.05, 4.69) is 15.5 Å². The summed E-state index contributed by atoms with van der Waals surface area (Å²) in [5.41, 5.74) is 0.428. The van der Waals surface area contributed by atoms with Gasteiger partial charge in [0.05, 0.1) is 4.90 Å². The lowest BCUT2D eigenvalue weighted by Gasteiger charge is -2.30. The zero-order valence-electron chi connectivity index (χ0n) is 16.2. The van der Waals surface area contributed by atoms with E-state index in [0.29, 0.717) is 30.1 Å². The molecule has 162 valence electrons. The van der Waals surface area contributed by atoms with Crippen LogP contribution in [0, 0.1) is 11.6 Å². The molecule has 1 atom stereocenters. The molecule has 2 aromatic carbocycles. The first-order chi connectivity index (χ1) is 14.8. The molecule has 1 fully saturated rings. The molecule has 0 aliphatic carbocycles. The maximum atomic E-state index is 13.2. The number of piperidine rings is 1. The van der Waals surface area contributed by atoms with Crippen molar-refractivity contribution in [3.63, 3.8) is 0 Å². The molecule has 1 saturated heterocycles. The van der Waals surface area contributed by atoms with Crippen LogP contribution in [0.1, 0.15) is 33.6 Å². The highest BCUT2D eigenvalue weighted by Crippen LogP contribution is 2.32. The Morgan fingerprint density at radius 3 is 2.35 bits per heavy atom. The van der Waals surface area contributed by atoms with E-state index in [9.17, 15) is 22.0 Å². The van der Waals surface area contributed by atoms with E-state index in [1.165, 1.54) is 40.7 Å². The van der Waals surface area contributed by atoms with Gasteiger partial charge in [-0.25, -0.2) is 17.2 Å². The summed E-state index contributed by atoms with van der Waals surface area (Å²) in [6.07, 6.45) is 1.34. The molecule has 7 nitrogen and oxygen atoms in total. The van der Waals surface area contributed by atoms with Gasteiger partial charge in [-0.15, -0.1) is 10.2 Å². The van der Waals surface area contributed by atoms with Crippen molar-refractivity contribution in [1.29, 1.82) is 0 Å². The van der Waals surface area contributed by atoms with E-state index in [1.54, 1.807) is 0 Å². The van der Waals surface area contributed by atoms with Crippen LogP contribution in [0.15, 0.2) is 53.4 Å². The predicted octanol–water partition coefficient (Wildman–Crippen LogP) is 3.64. The molecular weight excluding hydrogens is 446 g/mol. The second-order valence-electron chi connectivity index (χ2n) is 7.06. The number of hydrogen-bond donors (Lipinski definition) is 1. The van der Waals surface area contributed by atoms with Crippen LogP contribution in [-0.4, -0.2) is 41.9 Å². The molecule has 0 radical (unpaired) electrons. The summed E-state index contributed by atoms with van der Waals surface area (Å²) in [5.74, 6) is -1.58. The molecule has 1 aliphatic heterocycles. The van der Waals surface area contributed by atoms with Crippen molar-refractivity contribution in [3.8, 4) is 0 Å². The zero-order valence-corrected chi connectivity index (χ0v) is 17.8. The third kappa shape index (κ3) is 4.78. The van der Waals surface area contributed by atoms with Crippen LogP contribution in [0.5, 0.6) is 0 Å². The highest BCUT2D eigenvalue weighted by molar-refractivity contribution is 7.89. The first-order valence-corrected chi connectivity index (χ1v) is 11.7. The molecule has 3 aromatic rings. The molecule has 1 amide bonds. The Morgan fingerprint density at radius 2 is 1.68 bits per heavy atom. The molecule has 1 aliphatic rings. The van der Waals surface area contributed by atoms with Gasteiger partial charge in [0.25, 0.3) is 5.91 Å². The normalized spacial score (nSPS) is 17.4. The summed E-state index contributed by atoms with van der Waals surface area (Å²) in [7, 11) is -3.76. The third-order valence-corrected chi connectivity index (χ3v) is 7.89. The van der Waals surface area contributed by atoms with E-state index in [4.69, 9.17) is 0 Å². The minimum absolute atomic E-state index is 0.0335. The summed E-state index contributed by atoms with van der Waals surface area (Å²) >= 11 is 1.10. The van der Waals surface area contributed by atoms with Crippen LogP contribution in [0.25, 0.3) is 0 Å². The fourth-order valence-corrected chi connectivity index (χ4v) is 5.72. The number of aromatic nitrogens is 2. The highest BCUT2D eigenvalue weighted by atomic mass is 32.2. The fraction of sp³-hybridized carbons (Fsp3) is 0.250. The van der Waals surface area contributed by atoms with Crippen molar-refractivity contribution >= 4 is 33.0 Å². The number of carbonyl (C=O) groups excluding carboxylic acids is 1. The van der Waals surface area contributed by atoms with Gasteiger partial charge in [-0.05, 0) is 61.4 Å². The number of amides is 1. The Labute approximate surface area is 181 Å². The molecule has 0 spiro atoms. The number of halogens is 2. The Hall–Kier alpha value is -2.76. The number of nitrogens with one attached hydrogen (secondary N) is 1. The summed E-state index contributed by atoms with van der Waals surface area (Å²) < 4.78 is 53.3. The van der Waals surface area contributed by atoms with Crippen molar-refractivity contribution in [2.75, 3.05) is 18.4 Å². The number of sulfonamides is 1. The maximum Gasteiger partial charge on any atom is 0.286 e. The van der Waals surface area contributed by atoms with Gasteiger partial charge in [-0.1, -0.05) is 11.3 Å². The van der Waals surface area contributed by atoms with E-state index < -0.39 is 27.6 Å². The van der Waals surface area contributed by atoms with Crippen LogP contribution in [0.4, 0.5) is 14.5 Å². The van der Waals surface area contributed by atoms with E-state index in [0.717, 1.165) is 23.5 Å². The van der Waals surface area contributed by atoms with Crippen LogP contribution in [0.2, 0.25) is 0 Å². The van der Waals surface area contributed by atoms with Crippen molar-refractivity contribution in [3.05, 3.63) is 70.2 Å².